The zero-order chi connectivity index (χ0) is 18.1. The summed E-state index contributed by atoms with van der Waals surface area (Å²) in [5, 5.41) is 0.567. The highest BCUT2D eigenvalue weighted by Gasteiger charge is 2.13. The Labute approximate surface area is 158 Å². The van der Waals surface area contributed by atoms with E-state index in [0.29, 0.717) is 22.5 Å². The summed E-state index contributed by atoms with van der Waals surface area (Å²) >= 11 is 3.43. The number of fused-ring (bicyclic) bond motifs is 1. The van der Waals surface area contributed by atoms with Gasteiger partial charge >= 0.3 is 0 Å². The van der Waals surface area contributed by atoms with E-state index in [2.05, 4.69) is 15.9 Å². The van der Waals surface area contributed by atoms with E-state index >= 15 is 0 Å². The first-order chi connectivity index (χ1) is 12.6. The molecule has 4 aromatic rings. The number of nitrogens with zero attached hydrogens (tertiary/aromatic N) is 2. The van der Waals surface area contributed by atoms with Gasteiger partial charge in [-0.05, 0) is 61.0 Å². The van der Waals surface area contributed by atoms with Crippen molar-refractivity contribution < 1.29 is 4.42 Å². The van der Waals surface area contributed by atoms with Crippen LogP contribution in [-0.4, -0.2) is 9.55 Å². The summed E-state index contributed by atoms with van der Waals surface area (Å²) in [4.78, 5) is 18.0. The van der Waals surface area contributed by atoms with Gasteiger partial charge in [-0.25, -0.2) is 4.98 Å². The predicted molar refractivity (Wildman–Crippen MR) is 107 cm³/mol. The van der Waals surface area contributed by atoms with Crippen LogP contribution in [0.5, 0.6) is 0 Å². The lowest BCUT2D eigenvalue weighted by atomic mass is 10.1. The van der Waals surface area contributed by atoms with Gasteiger partial charge in [-0.3, -0.25) is 9.36 Å². The van der Waals surface area contributed by atoms with Crippen molar-refractivity contribution >= 4 is 39.0 Å². The summed E-state index contributed by atoms with van der Waals surface area (Å²) in [5.41, 5.74) is 2.36. The third-order valence-corrected chi connectivity index (χ3v) is 4.65. The predicted octanol–water partition coefficient (Wildman–Crippen LogP) is 5.22. The van der Waals surface area contributed by atoms with Crippen LogP contribution < -0.4 is 5.56 Å². The second kappa shape index (κ2) is 6.77. The zero-order valence-electron chi connectivity index (χ0n) is 14.0. The number of para-hydroxylation sites is 1. The Kier molecular flexibility index (Phi) is 4.31. The summed E-state index contributed by atoms with van der Waals surface area (Å²) in [6.07, 6.45) is 5.22. The molecule has 0 atom stereocenters. The fourth-order valence-corrected chi connectivity index (χ4v) is 3.24. The Morgan fingerprint density at radius 3 is 2.69 bits per heavy atom. The van der Waals surface area contributed by atoms with Crippen LogP contribution in [-0.2, 0) is 0 Å². The maximum Gasteiger partial charge on any atom is 0.266 e. The van der Waals surface area contributed by atoms with Crippen molar-refractivity contribution in [3.63, 3.8) is 0 Å². The molecular weight excluding hydrogens is 392 g/mol. The van der Waals surface area contributed by atoms with Crippen LogP contribution in [0.1, 0.15) is 17.1 Å². The first kappa shape index (κ1) is 16.5. The Balaban J connectivity index is 2.02. The molecule has 5 heteroatoms. The number of hydrogen-bond acceptors (Lipinski definition) is 3. The molecule has 0 unspecified atom stereocenters. The lowest BCUT2D eigenvalue weighted by molar-refractivity contribution is 0.557. The first-order valence-corrected chi connectivity index (χ1v) is 8.93. The molecule has 0 fully saturated rings. The topological polar surface area (TPSA) is 48.0 Å². The highest BCUT2D eigenvalue weighted by atomic mass is 79.9. The van der Waals surface area contributed by atoms with E-state index in [1.165, 1.54) is 0 Å². The number of rotatable bonds is 3. The van der Waals surface area contributed by atoms with Gasteiger partial charge in [-0.15, -0.1) is 0 Å². The molecule has 0 radical (unpaired) electrons. The third-order valence-electron chi connectivity index (χ3n) is 4.15. The lowest BCUT2D eigenvalue weighted by Crippen LogP contribution is -2.23. The molecule has 0 aliphatic rings. The van der Waals surface area contributed by atoms with E-state index in [1.807, 2.05) is 55.5 Å². The molecular formula is C21H15BrN2O2. The van der Waals surface area contributed by atoms with Crippen LogP contribution in [0.15, 0.2) is 74.5 Å². The van der Waals surface area contributed by atoms with Crippen LogP contribution in [0, 0.1) is 6.92 Å². The highest BCUT2D eigenvalue weighted by molar-refractivity contribution is 9.10. The minimum atomic E-state index is -0.107. The largest absolute Gasteiger partial charge is 0.465 e. The van der Waals surface area contributed by atoms with E-state index in [4.69, 9.17) is 9.40 Å². The first-order valence-electron chi connectivity index (χ1n) is 8.13. The zero-order valence-corrected chi connectivity index (χ0v) is 15.6. The van der Waals surface area contributed by atoms with Crippen LogP contribution in [0.2, 0.25) is 0 Å². The molecule has 0 bridgehead atoms. The molecule has 0 aliphatic carbocycles. The van der Waals surface area contributed by atoms with Crippen LogP contribution in [0.25, 0.3) is 28.7 Å². The molecule has 2 heterocycles. The summed E-state index contributed by atoms with van der Waals surface area (Å²) in [6.45, 7) is 1.98. The standard InChI is InChI=1S/C21H15BrN2O2/c1-14-5-2-3-7-19(14)24-20(11-9-16-6-4-12-26-16)23-18-10-8-15(22)13-17(18)21(24)25/h2-13H,1H3/b11-9+. The Morgan fingerprint density at radius 2 is 1.92 bits per heavy atom. The van der Waals surface area contributed by atoms with E-state index in [9.17, 15) is 4.79 Å². The SMILES string of the molecule is Cc1ccccc1-n1c(/C=C/c2ccco2)nc2ccc(Br)cc2c1=O. The van der Waals surface area contributed by atoms with E-state index in [-0.39, 0.29) is 5.56 Å². The number of halogens is 1. The summed E-state index contributed by atoms with van der Waals surface area (Å²) in [5.74, 6) is 1.25. The maximum absolute atomic E-state index is 13.3. The number of aromatic nitrogens is 2. The van der Waals surface area contributed by atoms with Crippen molar-refractivity contribution in [2.75, 3.05) is 0 Å². The van der Waals surface area contributed by atoms with Gasteiger partial charge in [-0.2, -0.15) is 0 Å². The molecule has 4 nitrogen and oxygen atoms in total. The normalized spacial score (nSPS) is 11.5. The number of furan rings is 1. The average molecular weight is 407 g/mol. The van der Waals surface area contributed by atoms with Crippen LogP contribution in [0.3, 0.4) is 0 Å². The smallest absolute Gasteiger partial charge is 0.266 e. The van der Waals surface area contributed by atoms with Crippen molar-refractivity contribution in [2.24, 2.45) is 0 Å². The van der Waals surface area contributed by atoms with Gasteiger partial charge in [0.15, 0.2) is 0 Å². The van der Waals surface area contributed by atoms with Crippen molar-refractivity contribution in [3.8, 4) is 5.69 Å². The second-order valence-corrected chi connectivity index (χ2v) is 6.82. The van der Waals surface area contributed by atoms with Crippen molar-refractivity contribution in [1.82, 2.24) is 9.55 Å². The van der Waals surface area contributed by atoms with E-state index in [0.717, 1.165) is 15.7 Å². The molecule has 0 aliphatic heterocycles. The monoisotopic (exact) mass is 406 g/mol. The van der Waals surface area contributed by atoms with Crippen LogP contribution >= 0.6 is 15.9 Å². The summed E-state index contributed by atoms with van der Waals surface area (Å²) in [6, 6.07) is 17.0. The highest BCUT2D eigenvalue weighted by Crippen LogP contribution is 2.20. The molecule has 0 saturated carbocycles. The van der Waals surface area contributed by atoms with Gasteiger partial charge in [0.05, 0.1) is 22.9 Å². The van der Waals surface area contributed by atoms with Gasteiger partial charge in [0.1, 0.15) is 11.6 Å². The van der Waals surface area contributed by atoms with Gasteiger partial charge in [-0.1, -0.05) is 34.1 Å². The Morgan fingerprint density at radius 1 is 1.08 bits per heavy atom. The molecule has 2 aromatic heterocycles. The minimum Gasteiger partial charge on any atom is -0.465 e. The van der Waals surface area contributed by atoms with Crippen molar-refractivity contribution in [3.05, 3.63) is 92.8 Å². The van der Waals surface area contributed by atoms with Gasteiger partial charge in [0, 0.05) is 4.47 Å². The molecule has 26 heavy (non-hydrogen) atoms. The van der Waals surface area contributed by atoms with E-state index in [1.54, 1.807) is 29.0 Å². The number of hydrogen-bond donors (Lipinski definition) is 0. The summed E-state index contributed by atoms with van der Waals surface area (Å²) < 4.78 is 7.84. The fourth-order valence-electron chi connectivity index (χ4n) is 2.88. The van der Waals surface area contributed by atoms with Gasteiger partial charge < -0.3 is 4.42 Å². The number of benzene rings is 2. The van der Waals surface area contributed by atoms with E-state index < -0.39 is 0 Å². The number of aryl methyl sites for hydroxylation is 1. The molecule has 0 N–H and O–H groups in total. The minimum absolute atomic E-state index is 0.107. The molecule has 2 aromatic carbocycles. The molecule has 0 spiro atoms. The molecule has 128 valence electrons. The third kappa shape index (κ3) is 3.02. The van der Waals surface area contributed by atoms with Crippen molar-refractivity contribution in [1.29, 1.82) is 0 Å². The Bertz CT molecular complexity index is 1170. The fraction of sp³-hybridized carbons (Fsp3) is 0.0476. The summed E-state index contributed by atoms with van der Waals surface area (Å²) in [7, 11) is 0. The van der Waals surface area contributed by atoms with Crippen molar-refractivity contribution in [2.45, 2.75) is 6.92 Å². The molecule has 0 saturated heterocycles. The maximum atomic E-state index is 13.3. The molecule has 4 rings (SSSR count). The Hall–Kier alpha value is -2.92. The second-order valence-electron chi connectivity index (χ2n) is 5.91. The molecule has 0 amide bonds. The van der Waals surface area contributed by atoms with Gasteiger partial charge in [0.2, 0.25) is 0 Å². The van der Waals surface area contributed by atoms with Crippen LogP contribution in [0.4, 0.5) is 0 Å². The van der Waals surface area contributed by atoms with Gasteiger partial charge in [0.25, 0.3) is 5.56 Å². The average Bonchev–Trinajstić information content (AvgIpc) is 3.15. The lowest BCUT2D eigenvalue weighted by Gasteiger charge is -2.13. The quantitative estimate of drug-likeness (QED) is 0.468.